The summed E-state index contributed by atoms with van der Waals surface area (Å²) in [4.78, 5) is 11.5. The molecule has 4 rings (SSSR count). The van der Waals surface area contributed by atoms with E-state index in [1.807, 2.05) is 42.7 Å². The second-order valence-corrected chi connectivity index (χ2v) is 8.38. The maximum Gasteiger partial charge on any atom is 0.183 e. The summed E-state index contributed by atoms with van der Waals surface area (Å²) in [6.45, 7) is 1.51. The molecule has 0 amide bonds. The Labute approximate surface area is 166 Å². The second kappa shape index (κ2) is 8.08. The molecule has 0 spiro atoms. The van der Waals surface area contributed by atoms with Gasteiger partial charge >= 0.3 is 0 Å². The van der Waals surface area contributed by atoms with E-state index in [0.717, 1.165) is 39.4 Å². The Morgan fingerprint density at radius 3 is 2.93 bits per heavy atom. The number of aromatic nitrogens is 2. The van der Waals surface area contributed by atoms with Crippen LogP contribution in [0.1, 0.15) is 16.1 Å². The summed E-state index contributed by atoms with van der Waals surface area (Å²) in [7, 11) is 1.67. The molecule has 1 aliphatic rings. The molecule has 0 fully saturated rings. The molecule has 1 atom stereocenters. The van der Waals surface area contributed by atoms with Gasteiger partial charge in [-0.2, -0.15) is 0 Å². The molecule has 1 aliphatic heterocycles. The van der Waals surface area contributed by atoms with Crippen LogP contribution < -0.4 is 21.1 Å². The number of nitrogens with one attached hydrogen (secondary N) is 2. The summed E-state index contributed by atoms with van der Waals surface area (Å²) in [5.41, 5.74) is 8.51. The standard InChI is InChI=1S/C19H21N5OS2/c1-25-14-4-2-12(3-5-14)8-13(20)9-22-19-23-11-17(27-19)18-24-15-6-7-21-10-16(15)26-18/h2-7,11,13,21H,8-10,20H2,1H3,(H,22,23)/t13-/m0/s1. The van der Waals surface area contributed by atoms with Crippen LogP contribution in [0.5, 0.6) is 5.75 Å². The highest BCUT2D eigenvalue weighted by molar-refractivity contribution is 7.23. The van der Waals surface area contributed by atoms with E-state index in [1.165, 1.54) is 10.4 Å². The Morgan fingerprint density at radius 2 is 2.15 bits per heavy atom. The monoisotopic (exact) mass is 399 g/mol. The molecule has 0 unspecified atom stereocenters. The minimum atomic E-state index is 0.00846. The summed E-state index contributed by atoms with van der Waals surface area (Å²) in [6, 6.07) is 8.03. The van der Waals surface area contributed by atoms with Crippen LogP contribution in [0.15, 0.2) is 36.7 Å². The third-order valence-corrected chi connectivity index (χ3v) is 6.43. The maximum atomic E-state index is 6.27. The van der Waals surface area contributed by atoms with Gasteiger partial charge in [0.05, 0.1) is 35.3 Å². The molecule has 3 heterocycles. The SMILES string of the molecule is COc1ccc(C[C@H](N)CNc2ncc(-c3nc4c(s3)CNC=C4)s2)cc1. The molecule has 140 valence electrons. The van der Waals surface area contributed by atoms with Crippen molar-refractivity contribution in [2.24, 2.45) is 5.73 Å². The number of anilines is 1. The van der Waals surface area contributed by atoms with Crippen molar-refractivity contribution in [3.8, 4) is 15.6 Å². The Kier molecular flexibility index (Phi) is 5.38. The quantitative estimate of drug-likeness (QED) is 0.565. The maximum absolute atomic E-state index is 6.27. The number of thiazole rings is 2. The topological polar surface area (TPSA) is 85.1 Å². The summed E-state index contributed by atoms with van der Waals surface area (Å²) in [6.07, 6.45) is 6.63. The van der Waals surface area contributed by atoms with Crippen LogP contribution in [0, 0.1) is 0 Å². The van der Waals surface area contributed by atoms with Crippen LogP contribution in [0.25, 0.3) is 16.0 Å². The Morgan fingerprint density at radius 1 is 1.30 bits per heavy atom. The van der Waals surface area contributed by atoms with Crippen molar-refractivity contribution in [2.75, 3.05) is 19.0 Å². The minimum Gasteiger partial charge on any atom is -0.497 e. The molecule has 2 aromatic heterocycles. The van der Waals surface area contributed by atoms with Crippen LogP contribution >= 0.6 is 22.7 Å². The van der Waals surface area contributed by atoms with E-state index in [9.17, 15) is 0 Å². The van der Waals surface area contributed by atoms with E-state index in [4.69, 9.17) is 15.5 Å². The highest BCUT2D eigenvalue weighted by Crippen LogP contribution is 2.34. The summed E-state index contributed by atoms with van der Waals surface area (Å²) >= 11 is 3.33. The van der Waals surface area contributed by atoms with E-state index in [0.29, 0.717) is 6.54 Å². The van der Waals surface area contributed by atoms with Crippen molar-refractivity contribution >= 4 is 33.9 Å². The highest BCUT2D eigenvalue weighted by atomic mass is 32.1. The van der Waals surface area contributed by atoms with Gasteiger partial charge in [-0.15, -0.1) is 11.3 Å². The van der Waals surface area contributed by atoms with Gasteiger partial charge in [0.25, 0.3) is 0 Å². The van der Waals surface area contributed by atoms with Gasteiger partial charge in [0.15, 0.2) is 5.13 Å². The first-order valence-corrected chi connectivity index (χ1v) is 10.3. The summed E-state index contributed by atoms with van der Waals surface area (Å²) in [5, 5.41) is 8.45. The number of nitrogens with zero attached hydrogens (tertiary/aromatic N) is 2. The Bertz CT molecular complexity index is 932. The average molecular weight is 400 g/mol. The van der Waals surface area contributed by atoms with Crippen LogP contribution in [0.2, 0.25) is 0 Å². The van der Waals surface area contributed by atoms with Crippen molar-refractivity contribution < 1.29 is 4.74 Å². The zero-order valence-electron chi connectivity index (χ0n) is 14.9. The van der Waals surface area contributed by atoms with Crippen molar-refractivity contribution in [1.82, 2.24) is 15.3 Å². The fourth-order valence-electron chi connectivity index (χ4n) is 2.82. The van der Waals surface area contributed by atoms with Crippen molar-refractivity contribution in [3.05, 3.63) is 52.8 Å². The fourth-order valence-corrected chi connectivity index (χ4v) is 4.69. The van der Waals surface area contributed by atoms with Crippen molar-refractivity contribution in [1.29, 1.82) is 0 Å². The third kappa shape index (κ3) is 4.29. The van der Waals surface area contributed by atoms with Gasteiger partial charge in [-0.25, -0.2) is 9.97 Å². The van der Waals surface area contributed by atoms with Gasteiger partial charge in [-0.1, -0.05) is 23.5 Å². The van der Waals surface area contributed by atoms with Crippen molar-refractivity contribution in [3.63, 3.8) is 0 Å². The number of rotatable bonds is 7. The van der Waals surface area contributed by atoms with Crippen LogP contribution in [0.3, 0.4) is 0 Å². The largest absolute Gasteiger partial charge is 0.497 e. The Balaban J connectivity index is 1.33. The lowest BCUT2D eigenvalue weighted by atomic mass is 10.1. The smallest absolute Gasteiger partial charge is 0.183 e. The molecule has 0 radical (unpaired) electrons. The van der Waals surface area contributed by atoms with Gasteiger partial charge < -0.3 is 21.1 Å². The molecular formula is C19H21N5OS2. The molecule has 6 nitrogen and oxygen atoms in total. The van der Waals surface area contributed by atoms with Gasteiger partial charge in [-0.05, 0) is 36.4 Å². The Hall–Kier alpha value is -2.42. The molecule has 1 aromatic carbocycles. The number of benzene rings is 1. The van der Waals surface area contributed by atoms with Gasteiger partial charge in [0.1, 0.15) is 10.8 Å². The number of hydrogen-bond donors (Lipinski definition) is 3. The van der Waals surface area contributed by atoms with E-state index >= 15 is 0 Å². The lowest BCUT2D eigenvalue weighted by molar-refractivity contribution is 0.414. The molecule has 8 heteroatoms. The van der Waals surface area contributed by atoms with Crippen LogP contribution in [-0.4, -0.2) is 29.7 Å². The zero-order valence-corrected chi connectivity index (χ0v) is 16.6. The molecule has 0 bridgehead atoms. The molecule has 0 saturated carbocycles. The second-order valence-electron chi connectivity index (χ2n) is 6.26. The van der Waals surface area contributed by atoms with E-state index in [2.05, 4.69) is 15.6 Å². The first-order chi connectivity index (χ1) is 13.2. The lowest BCUT2D eigenvalue weighted by Gasteiger charge is -2.12. The number of fused-ring (bicyclic) bond motifs is 1. The number of nitrogens with two attached hydrogens (primary N) is 1. The first kappa shape index (κ1) is 18.0. The predicted molar refractivity (Wildman–Crippen MR) is 112 cm³/mol. The molecule has 3 aromatic rings. The highest BCUT2D eigenvalue weighted by Gasteiger charge is 2.15. The normalized spacial score (nSPS) is 13.7. The van der Waals surface area contributed by atoms with Gasteiger partial charge in [0.2, 0.25) is 0 Å². The third-order valence-electron chi connectivity index (χ3n) is 4.24. The summed E-state index contributed by atoms with van der Waals surface area (Å²) < 4.78 is 5.18. The predicted octanol–water partition coefficient (Wildman–Crippen LogP) is 3.33. The number of ether oxygens (including phenoxy) is 1. The zero-order chi connectivity index (χ0) is 18.6. The van der Waals surface area contributed by atoms with Gasteiger partial charge in [-0.3, -0.25) is 0 Å². The van der Waals surface area contributed by atoms with Crippen LogP contribution in [0.4, 0.5) is 5.13 Å². The van der Waals surface area contributed by atoms with E-state index < -0.39 is 0 Å². The van der Waals surface area contributed by atoms with Gasteiger partial charge in [0, 0.05) is 12.6 Å². The van der Waals surface area contributed by atoms with E-state index in [-0.39, 0.29) is 6.04 Å². The molecule has 0 saturated heterocycles. The van der Waals surface area contributed by atoms with Crippen LogP contribution in [-0.2, 0) is 13.0 Å². The number of hydrogen-bond acceptors (Lipinski definition) is 8. The van der Waals surface area contributed by atoms with E-state index in [1.54, 1.807) is 29.8 Å². The molecule has 4 N–H and O–H groups in total. The number of methoxy groups -OCH3 is 1. The molecule has 27 heavy (non-hydrogen) atoms. The van der Waals surface area contributed by atoms with Crippen molar-refractivity contribution in [2.45, 2.75) is 19.0 Å². The lowest BCUT2D eigenvalue weighted by Crippen LogP contribution is -2.31. The molecular weight excluding hydrogens is 378 g/mol. The average Bonchev–Trinajstić information content (AvgIpc) is 3.33. The minimum absolute atomic E-state index is 0.00846. The summed E-state index contributed by atoms with van der Waals surface area (Å²) in [5.74, 6) is 0.857. The molecule has 0 aliphatic carbocycles. The fraction of sp³-hybridized carbons (Fsp3) is 0.263. The first-order valence-electron chi connectivity index (χ1n) is 8.69.